The van der Waals surface area contributed by atoms with E-state index in [-0.39, 0.29) is 5.91 Å². The molecule has 2 aliphatic heterocycles. The van der Waals surface area contributed by atoms with Crippen molar-refractivity contribution in [3.8, 4) is 0 Å². The first-order chi connectivity index (χ1) is 14.0. The van der Waals surface area contributed by atoms with Gasteiger partial charge in [0.15, 0.2) is 0 Å². The van der Waals surface area contributed by atoms with Crippen LogP contribution in [-0.4, -0.2) is 60.0 Å². The molecule has 0 saturated carbocycles. The molecule has 2 aromatic rings. The fourth-order valence-corrected chi connectivity index (χ4v) is 4.22. The number of aromatic nitrogens is 2. The molecule has 6 nitrogen and oxygen atoms in total. The van der Waals surface area contributed by atoms with Crippen LogP contribution in [0.25, 0.3) is 0 Å². The Bertz CT molecular complexity index is 850. The lowest BCUT2D eigenvalue weighted by molar-refractivity contribution is 0.0740. The lowest BCUT2D eigenvalue weighted by Gasteiger charge is -2.37. The summed E-state index contributed by atoms with van der Waals surface area (Å²) in [5, 5.41) is 0. The molecule has 0 radical (unpaired) electrons. The van der Waals surface area contributed by atoms with Gasteiger partial charge in [-0.25, -0.2) is 9.97 Å². The number of amides is 1. The lowest BCUT2D eigenvalue weighted by Crippen LogP contribution is -2.49. The van der Waals surface area contributed by atoms with Crippen molar-refractivity contribution in [3.63, 3.8) is 0 Å². The number of hydrogen-bond donors (Lipinski definition) is 0. The van der Waals surface area contributed by atoms with Gasteiger partial charge in [0.1, 0.15) is 11.5 Å². The van der Waals surface area contributed by atoms with Crippen LogP contribution in [0.1, 0.15) is 41.4 Å². The van der Waals surface area contributed by atoms with Crippen LogP contribution in [0, 0.1) is 19.8 Å². The molecule has 2 saturated heterocycles. The molecule has 1 amide bonds. The van der Waals surface area contributed by atoms with Crippen LogP contribution < -0.4 is 9.80 Å². The van der Waals surface area contributed by atoms with E-state index in [2.05, 4.69) is 58.7 Å². The molecule has 0 atom stereocenters. The molecule has 1 aromatic carbocycles. The number of aryl methyl sites for hydroxylation is 1. The van der Waals surface area contributed by atoms with Crippen LogP contribution in [0.5, 0.6) is 0 Å². The smallest absolute Gasteiger partial charge is 0.274 e. The maximum atomic E-state index is 12.9. The molecule has 2 aliphatic rings. The highest BCUT2D eigenvalue weighted by atomic mass is 16.2. The largest absolute Gasteiger partial charge is 0.368 e. The standard InChI is InChI=1S/C23H31N5O/c1-17-7-9-27(10-8-17)22-16-24-20(15-25-22)23(29)28-13-11-26(12-14-28)21-6-4-5-18(2)19(21)3/h4-6,15-17H,7-14H2,1-3H3. The number of benzene rings is 1. The van der Waals surface area contributed by atoms with Crippen molar-refractivity contribution in [2.75, 3.05) is 49.1 Å². The summed E-state index contributed by atoms with van der Waals surface area (Å²) in [6, 6.07) is 6.42. The molecule has 0 N–H and O–H groups in total. The van der Waals surface area contributed by atoms with Gasteiger partial charge < -0.3 is 14.7 Å². The Morgan fingerprint density at radius 3 is 2.31 bits per heavy atom. The third-order valence-corrected chi connectivity index (χ3v) is 6.45. The zero-order valence-corrected chi connectivity index (χ0v) is 17.8. The first-order valence-electron chi connectivity index (χ1n) is 10.7. The van der Waals surface area contributed by atoms with E-state index in [1.165, 1.54) is 29.7 Å². The van der Waals surface area contributed by atoms with Crippen molar-refractivity contribution < 1.29 is 4.79 Å². The number of nitrogens with zero attached hydrogens (tertiary/aromatic N) is 5. The van der Waals surface area contributed by atoms with Crippen LogP contribution in [-0.2, 0) is 0 Å². The Hall–Kier alpha value is -2.63. The normalized spacial score (nSPS) is 18.2. The molecule has 2 fully saturated rings. The van der Waals surface area contributed by atoms with Gasteiger partial charge in [-0.1, -0.05) is 19.1 Å². The Balaban J connectivity index is 1.36. The van der Waals surface area contributed by atoms with Crippen molar-refractivity contribution in [1.29, 1.82) is 0 Å². The molecule has 1 aromatic heterocycles. The molecule has 3 heterocycles. The summed E-state index contributed by atoms with van der Waals surface area (Å²) < 4.78 is 0. The Kier molecular flexibility index (Phi) is 5.69. The van der Waals surface area contributed by atoms with Gasteiger partial charge in [0.05, 0.1) is 12.4 Å². The predicted molar refractivity (Wildman–Crippen MR) is 117 cm³/mol. The number of rotatable bonds is 3. The third-order valence-electron chi connectivity index (χ3n) is 6.45. The fourth-order valence-electron chi connectivity index (χ4n) is 4.22. The molecule has 154 valence electrons. The van der Waals surface area contributed by atoms with Gasteiger partial charge in [0.25, 0.3) is 5.91 Å². The van der Waals surface area contributed by atoms with Crippen LogP contribution >= 0.6 is 0 Å². The topological polar surface area (TPSA) is 52.6 Å². The van der Waals surface area contributed by atoms with Gasteiger partial charge in [-0.2, -0.15) is 0 Å². The van der Waals surface area contributed by atoms with Gasteiger partial charge in [0.2, 0.25) is 0 Å². The van der Waals surface area contributed by atoms with Crippen molar-refractivity contribution in [2.45, 2.75) is 33.6 Å². The Labute approximate surface area is 173 Å². The van der Waals surface area contributed by atoms with Crippen molar-refractivity contribution in [2.24, 2.45) is 5.92 Å². The summed E-state index contributed by atoms with van der Waals surface area (Å²) in [6.45, 7) is 11.7. The second-order valence-electron chi connectivity index (χ2n) is 8.43. The highest BCUT2D eigenvalue weighted by Crippen LogP contribution is 2.24. The van der Waals surface area contributed by atoms with Crippen molar-refractivity contribution >= 4 is 17.4 Å². The molecular formula is C23H31N5O. The van der Waals surface area contributed by atoms with Crippen molar-refractivity contribution in [3.05, 3.63) is 47.4 Å². The average Bonchev–Trinajstić information content (AvgIpc) is 2.76. The maximum Gasteiger partial charge on any atom is 0.274 e. The van der Waals surface area contributed by atoms with Crippen LogP contribution in [0.4, 0.5) is 11.5 Å². The summed E-state index contributed by atoms with van der Waals surface area (Å²) in [5.74, 6) is 1.65. The van der Waals surface area contributed by atoms with E-state index in [9.17, 15) is 4.79 Å². The minimum absolute atomic E-state index is 0.0167. The first-order valence-corrected chi connectivity index (χ1v) is 10.7. The minimum Gasteiger partial charge on any atom is -0.368 e. The highest BCUT2D eigenvalue weighted by Gasteiger charge is 2.25. The molecule has 0 bridgehead atoms. The minimum atomic E-state index is -0.0167. The van der Waals surface area contributed by atoms with E-state index in [0.717, 1.165) is 37.9 Å². The van der Waals surface area contributed by atoms with E-state index in [1.54, 1.807) is 12.4 Å². The third kappa shape index (κ3) is 4.21. The summed E-state index contributed by atoms with van der Waals surface area (Å²) >= 11 is 0. The number of piperazine rings is 1. The van der Waals surface area contributed by atoms with E-state index in [0.29, 0.717) is 18.8 Å². The quantitative estimate of drug-likeness (QED) is 0.801. The van der Waals surface area contributed by atoms with E-state index >= 15 is 0 Å². The molecule has 0 spiro atoms. The van der Waals surface area contributed by atoms with E-state index < -0.39 is 0 Å². The first kappa shape index (κ1) is 19.7. The SMILES string of the molecule is Cc1cccc(N2CCN(C(=O)c3cnc(N4CCC(C)CC4)cn3)CC2)c1C. The summed E-state index contributed by atoms with van der Waals surface area (Å²) in [6.07, 6.45) is 5.78. The number of carbonyl (C=O) groups excluding carboxylic acids is 1. The molecule has 29 heavy (non-hydrogen) atoms. The van der Waals surface area contributed by atoms with Crippen LogP contribution in [0.2, 0.25) is 0 Å². The van der Waals surface area contributed by atoms with E-state index in [4.69, 9.17) is 0 Å². The summed E-state index contributed by atoms with van der Waals surface area (Å²) in [7, 11) is 0. The monoisotopic (exact) mass is 393 g/mol. The lowest BCUT2D eigenvalue weighted by atomic mass is 9.99. The second kappa shape index (κ2) is 8.39. The van der Waals surface area contributed by atoms with Gasteiger partial charge in [-0.05, 0) is 49.8 Å². The summed E-state index contributed by atoms with van der Waals surface area (Å²) in [5.41, 5.74) is 4.34. The maximum absolute atomic E-state index is 12.9. The van der Waals surface area contributed by atoms with Crippen LogP contribution in [0.3, 0.4) is 0 Å². The van der Waals surface area contributed by atoms with Gasteiger partial charge in [-0.3, -0.25) is 4.79 Å². The zero-order chi connectivity index (χ0) is 20.4. The van der Waals surface area contributed by atoms with Gasteiger partial charge in [0, 0.05) is 45.0 Å². The number of hydrogen-bond acceptors (Lipinski definition) is 5. The molecule has 0 unspecified atom stereocenters. The Morgan fingerprint density at radius 2 is 1.66 bits per heavy atom. The predicted octanol–water partition coefficient (Wildman–Crippen LogP) is 3.29. The zero-order valence-electron chi connectivity index (χ0n) is 17.8. The van der Waals surface area contributed by atoms with Crippen LogP contribution in [0.15, 0.2) is 30.6 Å². The number of carbonyl (C=O) groups is 1. The molecule has 0 aliphatic carbocycles. The highest BCUT2D eigenvalue weighted by molar-refractivity contribution is 5.92. The van der Waals surface area contributed by atoms with Crippen molar-refractivity contribution in [1.82, 2.24) is 14.9 Å². The Morgan fingerprint density at radius 1 is 0.931 bits per heavy atom. The van der Waals surface area contributed by atoms with Gasteiger partial charge >= 0.3 is 0 Å². The molecule has 6 heteroatoms. The number of piperidine rings is 1. The van der Waals surface area contributed by atoms with E-state index in [1.807, 2.05) is 4.90 Å². The fraction of sp³-hybridized carbons (Fsp3) is 0.522. The average molecular weight is 394 g/mol. The second-order valence-corrected chi connectivity index (χ2v) is 8.43. The summed E-state index contributed by atoms with van der Waals surface area (Å²) in [4.78, 5) is 28.4. The molecule has 4 rings (SSSR count). The number of anilines is 2. The molecular weight excluding hydrogens is 362 g/mol. The van der Waals surface area contributed by atoms with Gasteiger partial charge in [-0.15, -0.1) is 0 Å².